The van der Waals surface area contributed by atoms with E-state index in [-0.39, 0.29) is 51.3 Å². The van der Waals surface area contributed by atoms with Crippen molar-refractivity contribution in [1.82, 2.24) is 0 Å². The molecular formula is H12O5Sn. The molecule has 0 spiro atoms. The van der Waals surface area contributed by atoms with Crippen LogP contribution in [0.3, 0.4) is 0 Å². The van der Waals surface area contributed by atoms with Crippen molar-refractivity contribution in [3.63, 3.8) is 0 Å². The summed E-state index contributed by atoms with van der Waals surface area (Å²) in [7, 11) is 0. The zero-order chi connectivity index (χ0) is 0. The van der Waals surface area contributed by atoms with Crippen LogP contribution < -0.4 is 0 Å². The van der Waals surface area contributed by atoms with E-state index in [1.54, 1.807) is 0 Å². The first-order chi connectivity index (χ1) is 0. The van der Waals surface area contributed by atoms with Crippen LogP contribution in [-0.2, 0) is 0 Å². The van der Waals surface area contributed by atoms with Crippen molar-refractivity contribution in [2.45, 2.75) is 0 Å². The van der Waals surface area contributed by atoms with Crippen LogP contribution >= 0.6 is 0 Å². The van der Waals surface area contributed by atoms with Crippen LogP contribution in [0.25, 0.3) is 0 Å². The third-order valence-corrected chi connectivity index (χ3v) is 0. The van der Waals surface area contributed by atoms with Crippen LogP contribution in [0.2, 0.25) is 0 Å². The normalized spacial score (nSPS) is 0. The molecule has 0 aromatic heterocycles. The van der Waals surface area contributed by atoms with E-state index in [1.165, 1.54) is 0 Å². The van der Waals surface area contributed by atoms with Crippen molar-refractivity contribution in [2.24, 2.45) is 0 Å². The molecule has 2 radical (unpaired) electrons. The van der Waals surface area contributed by atoms with Gasteiger partial charge >= 0.3 is 23.9 Å². The van der Waals surface area contributed by atoms with E-state index in [0.29, 0.717) is 0 Å². The fourth-order valence-corrected chi connectivity index (χ4v) is 0. The molecule has 6 heavy (non-hydrogen) atoms. The average Bonchev–Trinajstić information content (AvgIpc) is 0. The van der Waals surface area contributed by atoms with Crippen LogP contribution in [-0.4, -0.2) is 51.3 Å². The Bertz CT molecular complexity index is 3.90. The fourth-order valence-electron chi connectivity index (χ4n) is 0. The van der Waals surface area contributed by atoms with Crippen LogP contribution in [0.15, 0.2) is 0 Å². The molecule has 0 bridgehead atoms. The standard InChI is InChI=1S/5H2O.Sn.2H/h5*1H2;;;. The summed E-state index contributed by atoms with van der Waals surface area (Å²) in [5.74, 6) is 0. The van der Waals surface area contributed by atoms with Gasteiger partial charge in [0.2, 0.25) is 0 Å². The average molecular weight is 211 g/mol. The number of hydrogen-bond donors (Lipinski definition) is 0. The Morgan fingerprint density at radius 1 is 0.333 bits per heavy atom. The van der Waals surface area contributed by atoms with Crippen molar-refractivity contribution in [3.8, 4) is 0 Å². The summed E-state index contributed by atoms with van der Waals surface area (Å²) in [4.78, 5) is 0. The first kappa shape index (κ1) is 577. The number of rotatable bonds is 0. The van der Waals surface area contributed by atoms with Gasteiger partial charge in [0.25, 0.3) is 0 Å². The zero-order valence-electron chi connectivity index (χ0n) is 3.21. The van der Waals surface area contributed by atoms with Gasteiger partial charge in [-0.25, -0.2) is 0 Å². The first-order valence-electron chi connectivity index (χ1n) is 0. The molecular weight excluding hydrogens is 199 g/mol. The van der Waals surface area contributed by atoms with Crippen molar-refractivity contribution < 1.29 is 27.4 Å². The summed E-state index contributed by atoms with van der Waals surface area (Å²) in [6, 6.07) is 0. The van der Waals surface area contributed by atoms with E-state index in [0.717, 1.165) is 0 Å². The maximum absolute atomic E-state index is 0. The Morgan fingerprint density at radius 2 is 0.333 bits per heavy atom. The summed E-state index contributed by atoms with van der Waals surface area (Å²) >= 11 is 0. The molecule has 0 fully saturated rings. The molecule has 0 aliphatic carbocycles. The molecule has 0 heterocycles. The molecule has 0 saturated carbocycles. The molecule has 0 aliphatic rings. The van der Waals surface area contributed by atoms with Crippen molar-refractivity contribution >= 4 is 23.9 Å². The Kier molecular flexibility index (Phi) is 31800. The van der Waals surface area contributed by atoms with Crippen LogP contribution in [0, 0.1) is 0 Å². The van der Waals surface area contributed by atoms with Crippen LogP contribution in [0.1, 0.15) is 0 Å². The third kappa shape index (κ3) is 166. The second-order valence-electron chi connectivity index (χ2n) is 0. The minimum atomic E-state index is 0. The topological polar surface area (TPSA) is 158 Å². The molecule has 0 rings (SSSR count). The Hall–Kier alpha value is 0.599. The molecule has 46 valence electrons. The van der Waals surface area contributed by atoms with Crippen molar-refractivity contribution in [2.75, 3.05) is 0 Å². The Morgan fingerprint density at radius 3 is 0.333 bits per heavy atom. The zero-order valence-corrected chi connectivity index (χ0v) is 7.24. The summed E-state index contributed by atoms with van der Waals surface area (Å²) in [5.41, 5.74) is 0. The van der Waals surface area contributed by atoms with E-state index in [4.69, 9.17) is 0 Å². The minimum absolute atomic E-state index is 0. The van der Waals surface area contributed by atoms with E-state index < -0.39 is 0 Å². The molecule has 6 heteroatoms. The quantitative estimate of drug-likeness (QED) is 0.351. The second-order valence-corrected chi connectivity index (χ2v) is 0. The summed E-state index contributed by atoms with van der Waals surface area (Å²) in [6.07, 6.45) is 0. The predicted octanol–water partition coefficient (Wildman–Crippen LogP) is -5.04. The predicted molar refractivity (Wildman–Crippen MR) is 26.6 cm³/mol. The Balaban J connectivity index is 0. The van der Waals surface area contributed by atoms with Crippen molar-refractivity contribution in [3.05, 3.63) is 0 Å². The van der Waals surface area contributed by atoms with Gasteiger partial charge in [0.15, 0.2) is 0 Å². The summed E-state index contributed by atoms with van der Waals surface area (Å²) in [6.45, 7) is 0. The molecule has 0 aliphatic heterocycles. The monoisotopic (exact) mass is 212 g/mol. The first-order valence-corrected chi connectivity index (χ1v) is 0. The molecule has 0 saturated heterocycles. The molecule has 0 aromatic carbocycles. The Labute approximate surface area is 51.9 Å². The molecule has 0 amide bonds. The SMILES string of the molecule is O.O.O.O.O.[SnH2]. The van der Waals surface area contributed by atoms with Crippen LogP contribution in [0.4, 0.5) is 0 Å². The van der Waals surface area contributed by atoms with Gasteiger partial charge in [0.1, 0.15) is 0 Å². The van der Waals surface area contributed by atoms with E-state index in [9.17, 15) is 0 Å². The van der Waals surface area contributed by atoms with Gasteiger partial charge in [0.05, 0.1) is 0 Å². The van der Waals surface area contributed by atoms with Gasteiger partial charge in [0, 0.05) is 0 Å². The number of hydrogen-bond acceptors (Lipinski definition) is 0. The molecule has 5 nitrogen and oxygen atoms in total. The maximum atomic E-state index is 0. The van der Waals surface area contributed by atoms with Gasteiger partial charge in [-0.3, -0.25) is 0 Å². The fraction of sp³-hybridized carbons (Fsp3) is 0. The van der Waals surface area contributed by atoms with Gasteiger partial charge in [-0.2, -0.15) is 0 Å². The molecule has 0 unspecified atom stereocenters. The molecule has 0 atom stereocenters. The summed E-state index contributed by atoms with van der Waals surface area (Å²) in [5, 5.41) is 0. The van der Waals surface area contributed by atoms with Gasteiger partial charge in [-0.15, -0.1) is 0 Å². The van der Waals surface area contributed by atoms with Gasteiger partial charge in [-0.05, 0) is 0 Å². The molecule has 10 N–H and O–H groups in total. The summed E-state index contributed by atoms with van der Waals surface area (Å²) < 4.78 is 0. The van der Waals surface area contributed by atoms with E-state index in [2.05, 4.69) is 0 Å². The second kappa shape index (κ2) is 330. The van der Waals surface area contributed by atoms with Crippen molar-refractivity contribution in [1.29, 1.82) is 0 Å². The molecule has 0 aromatic rings. The van der Waals surface area contributed by atoms with Crippen LogP contribution in [0.5, 0.6) is 0 Å². The van der Waals surface area contributed by atoms with Gasteiger partial charge in [-0.1, -0.05) is 0 Å². The van der Waals surface area contributed by atoms with E-state index in [1.807, 2.05) is 0 Å². The third-order valence-electron chi connectivity index (χ3n) is 0. The van der Waals surface area contributed by atoms with E-state index >= 15 is 0 Å². The van der Waals surface area contributed by atoms with Gasteiger partial charge < -0.3 is 27.4 Å².